The third kappa shape index (κ3) is 3.46. The van der Waals surface area contributed by atoms with Gasteiger partial charge in [0, 0.05) is 0 Å². The molecule has 2 rings (SSSR count). The molecule has 0 spiro atoms. The highest BCUT2D eigenvalue weighted by Gasteiger charge is 2.30. The number of carboxylic acids is 1. The molecule has 0 saturated heterocycles. The number of fused-ring (bicyclic) bond motifs is 1. The quantitative estimate of drug-likeness (QED) is 0.806. The summed E-state index contributed by atoms with van der Waals surface area (Å²) < 4.78 is 28.3. The molecule has 0 saturated carbocycles. The lowest BCUT2D eigenvalue weighted by molar-refractivity contribution is -0.140. The molecule has 2 aromatic rings. The number of carboxylic acid groups (broad SMARTS) is 1. The molecule has 2 atom stereocenters. The minimum absolute atomic E-state index is 0.182. The molecule has 10 heteroatoms. The third-order valence-corrected chi connectivity index (χ3v) is 5.46. The molecule has 126 valence electrons. The van der Waals surface area contributed by atoms with Crippen LogP contribution in [0.15, 0.2) is 17.3 Å². The molecule has 0 unspecified atom stereocenters. The van der Waals surface area contributed by atoms with Gasteiger partial charge in [0.25, 0.3) is 0 Å². The van der Waals surface area contributed by atoms with Gasteiger partial charge in [0.1, 0.15) is 16.0 Å². The van der Waals surface area contributed by atoms with Gasteiger partial charge in [-0.05, 0) is 12.8 Å². The van der Waals surface area contributed by atoms with E-state index in [1.54, 1.807) is 20.8 Å². The van der Waals surface area contributed by atoms with Gasteiger partial charge >= 0.3 is 5.97 Å². The molecule has 0 aliphatic carbocycles. The second kappa shape index (κ2) is 6.42. The molecular formula is C13H17ClN4O4S. The Balaban J connectivity index is 2.41. The Kier molecular flexibility index (Phi) is 4.92. The lowest BCUT2D eigenvalue weighted by Gasteiger charge is -2.19. The molecule has 0 bridgehead atoms. The van der Waals surface area contributed by atoms with E-state index in [0.29, 0.717) is 22.8 Å². The van der Waals surface area contributed by atoms with Crippen LogP contribution in [-0.4, -0.2) is 40.1 Å². The number of sulfonamides is 1. The minimum Gasteiger partial charge on any atom is -0.480 e. The van der Waals surface area contributed by atoms with Crippen molar-refractivity contribution in [1.82, 2.24) is 19.3 Å². The summed E-state index contributed by atoms with van der Waals surface area (Å²) >= 11 is 6.01. The highest BCUT2D eigenvalue weighted by molar-refractivity contribution is 7.89. The van der Waals surface area contributed by atoms with Crippen molar-refractivity contribution in [3.05, 3.63) is 23.1 Å². The van der Waals surface area contributed by atoms with E-state index >= 15 is 0 Å². The lowest BCUT2D eigenvalue weighted by Crippen LogP contribution is -2.44. The first kappa shape index (κ1) is 17.6. The van der Waals surface area contributed by atoms with E-state index in [-0.39, 0.29) is 10.8 Å². The summed E-state index contributed by atoms with van der Waals surface area (Å²) in [5.74, 6) is -1.59. The van der Waals surface area contributed by atoms with Gasteiger partial charge in [0.05, 0.1) is 18.1 Å². The van der Waals surface area contributed by atoms with Gasteiger partial charge in [-0.2, -0.15) is 9.82 Å². The Bertz CT molecular complexity index is 849. The zero-order valence-corrected chi connectivity index (χ0v) is 14.4. The second-order valence-corrected chi connectivity index (χ2v) is 7.37. The van der Waals surface area contributed by atoms with Gasteiger partial charge in [-0.15, -0.1) is 0 Å². The fourth-order valence-corrected chi connectivity index (χ4v) is 3.43. The predicted octanol–water partition coefficient (Wildman–Crippen LogP) is 1.47. The van der Waals surface area contributed by atoms with Crippen LogP contribution in [-0.2, 0) is 14.8 Å². The number of carbonyl (C=O) groups is 1. The van der Waals surface area contributed by atoms with Gasteiger partial charge in [0.2, 0.25) is 10.0 Å². The average Bonchev–Trinajstić information content (AvgIpc) is 2.78. The summed E-state index contributed by atoms with van der Waals surface area (Å²) in [4.78, 5) is 15.1. The highest BCUT2D eigenvalue weighted by Crippen LogP contribution is 2.21. The molecule has 2 heterocycles. The van der Waals surface area contributed by atoms with Gasteiger partial charge in [-0.1, -0.05) is 31.9 Å². The van der Waals surface area contributed by atoms with Gasteiger partial charge in [-0.3, -0.25) is 4.79 Å². The summed E-state index contributed by atoms with van der Waals surface area (Å²) in [5.41, 5.74) is 0.851. The van der Waals surface area contributed by atoms with E-state index in [4.69, 9.17) is 11.6 Å². The van der Waals surface area contributed by atoms with Crippen LogP contribution in [0.3, 0.4) is 0 Å². The largest absolute Gasteiger partial charge is 0.480 e. The summed E-state index contributed by atoms with van der Waals surface area (Å²) in [6.07, 6.45) is 2.89. The Morgan fingerprint density at radius 1 is 1.52 bits per heavy atom. The molecule has 0 amide bonds. The molecule has 0 radical (unpaired) electrons. The average molecular weight is 361 g/mol. The second-order valence-electron chi connectivity index (χ2n) is 5.28. The van der Waals surface area contributed by atoms with Crippen molar-refractivity contribution < 1.29 is 18.3 Å². The van der Waals surface area contributed by atoms with Crippen LogP contribution in [0.4, 0.5) is 0 Å². The van der Waals surface area contributed by atoms with E-state index in [1.807, 2.05) is 0 Å². The monoisotopic (exact) mass is 360 g/mol. The van der Waals surface area contributed by atoms with Crippen molar-refractivity contribution in [2.45, 2.75) is 38.1 Å². The third-order valence-electron chi connectivity index (χ3n) is 3.62. The van der Waals surface area contributed by atoms with Crippen LogP contribution < -0.4 is 4.72 Å². The molecular weight excluding hydrogens is 344 g/mol. The first-order chi connectivity index (χ1) is 10.7. The number of aryl methyl sites for hydroxylation is 1. The number of nitrogens with zero attached hydrogens (tertiary/aromatic N) is 3. The van der Waals surface area contributed by atoms with Crippen molar-refractivity contribution in [1.29, 1.82) is 0 Å². The zero-order chi connectivity index (χ0) is 17.4. The maximum Gasteiger partial charge on any atom is 0.322 e. The number of aliphatic carboxylic acids is 1. The van der Waals surface area contributed by atoms with Crippen molar-refractivity contribution >= 4 is 33.2 Å². The Labute approximate surface area is 138 Å². The summed E-state index contributed by atoms with van der Waals surface area (Å²) in [6, 6.07) is -1.22. The molecule has 23 heavy (non-hydrogen) atoms. The number of hydrogen-bond acceptors (Lipinski definition) is 5. The molecule has 0 fully saturated rings. The normalized spacial score (nSPS) is 14.8. The van der Waals surface area contributed by atoms with E-state index in [9.17, 15) is 18.3 Å². The number of hydrogen-bond donors (Lipinski definition) is 2. The zero-order valence-electron chi connectivity index (χ0n) is 12.8. The highest BCUT2D eigenvalue weighted by atomic mass is 35.5. The smallest absolute Gasteiger partial charge is 0.322 e. The first-order valence-corrected chi connectivity index (χ1v) is 8.79. The fraction of sp³-hybridized carbons (Fsp3) is 0.462. The van der Waals surface area contributed by atoms with Crippen LogP contribution >= 0.6 is 11.6 Å². The Morgan fingerprint density at radius 2 is 2.17 bits per heavy atom. The van der Waals surface area contributed by atoms with Gasteiger partial charge in [-0.25, -0.2) is 17.9 Å². The van der Waals surface area contributed by atoms with Crippen molar-refractivity contribution in [2.24, 2.45) is 5.92 Å². The fourth-order valence-electron chi connectivity index (χ4n) is 2.02. The van der Waals surface area contributed by atoms with Crippen molar-refractivity contribution in [3.63, 3.8) is 0 Å². The summed E-state index contributed by atoms with van der Waals surface area (Å²) in [7, 11) is -4.05. The molecule has 0 aliphatic rings. The molecule has 0 aliphatic heterocycles. The van der Waals surface area contributed by atoms with Crippen LogP contribution in [0, 0.1) is 12.8 Å². The van der Waals surface area contributed by atoms with Gasteiger partial charge in [0.15, 0.2) is 5.65 Å². The number of aromatic nitrogens is 3. The van der Waals surface area contributed by atoms with E-state index in [0.717, 1.165) is 6.20 Å². The van der Waals surface area contributed by atoms with Crippen molar-refractivity contribution in [3.8, 4) is 0 Å². The maximum atomic E-state index is 12.4. The Morgan fingerprint density at radius 3 is 2.74 bits per heavy atom. The van der Waals surface area contributed by atoms with E-state index < -0.39 is 22.0 Å². The summed E-state index contributed by atoms with van der Waals surface area (Å²) in [6.45, 7) is 5.13. The van der Waals surface area contributed by atoms with Crippen LogP contribution in [0.1, 0.15) is 26.0 Å². The minimum atomic E-state index is -4.05. The number of rotatable bonds is 6. The lowest BCUT2D eigenvalue weighted by atomic mass is 10.0. The molecule has 0 aromatic carbocycles. The Hall–Kier alpha value is -1.71. The topological polar surface area (TPSA) is 114 Å². The standard InChI is InChI=1S/C13H17ClN4O4S/c1-4-7(2)11(13(19)20)17-23(21,22)9-5-15-12-10(14)8(3)16-18(12)6-9/h5-7,11,17H,4H2,1-3H3,(H,19,20)/t7-,11-/m0/s1. The molecule has 2 aromatic heterocycles. The van der Waals surface area contributed by atoms with E-state index in [1.165, 1.54) is 10.7 Å². The maximum absolute atomic E-state index is 12.4. The number of nitrogens with one attached hydrogen (secondary N) is 1. The van der Waals surface area contributed by atoms with Gasteiger partial charge < -0.3 is 5.11 Å². The summed E-state index contributed by atoms with van der Waals surface area (Å²) in [5, 5.41) is 13.6. The number of halogens is 1. The SMILES string of the molecule is CC[C@H](C)[C@H](NS(=O)(=O)c1cnc2c(Cl)c(C)nn2c1)C(=O)O. The van der Waals surface area contributed by atoms with E-state index in [2.05, 4.69) is 14.8 Å². The van der Waals surface area contributed by atoms with Crippen LogP contribution in [0.2, 0.25) is 5.02 Å². The van der Waals surface area contributed by atoms with Crippen LogP contribution in [0.5, 0.6) is 0 Å². The predicted molar refractivity (Wildman–Crippen MR) is 83.9 cm³/mol. The van der Waals surface area contributed by atoms with Crippen LogP contribution in [0.25, 0.3) is 5.65 Å². The van der Waals surface area contributed by atoms with Crippen molar-refractivity contribution in [2.75, 3.05) is 0 Å². The molecule has 8 nitrogen and oxygen atoms in total. The molecule has 2 N–H and O–H groups in total. The first-order valence-electron chi connectivity index (χ1n) is 6.93.